The molecule has 0 atom stereocenters. The third-order valence-electron chi connectivity index (χ3n) is 2.69. The summed E-state index contributed by atoms with van der Waals surface area (Å²) in [5.74, 6) is 0. The Bertz CT molecular complexity index is 429. The standard InChI is InChI=1S/C14H18N2/c1-15(2)11-12-16-10-6-9-14(16)13-7-4-3-5-8-13/h3-10H,11-12H2,1-2H3. The molecule has 0 saturated carbocycles. The van der Waals surface area contributed by atoms with Crippen LogP contribution in [0.1, 0.15) is 0 Å². The van der Waals surface area contributed by atoms with Crippen LogP contribution in [0.15, 0.2) is 48.7 Å². The van der Waals surface area contributed by atoms with Crippen molar-refractivity contribution in [2.24, 2.45) is 0 Å². The molecule has 0 bridgehead atoms. The molecule has 0 N–H and O–H groups in total. The average molecular weight is 214 g/mol. The summed E-state index contributed by atoms with van der Waals surface area (Å²) in [6.07, 6.45) is 2.14. The van der Waals surface area contributed by atoms with Gasteiger partial charge >= 0.3 is 0 Å². The molecule has 0 fully saturated rings. The van der Waals surface area contributed by atoms with Crippen LogP contribution in [0.3, 0.4) is 0 Å². The molecule has 1 aromatic carbocycles. The lowest BCUT2D eigenvalue weighted by molar-refractivity contribution is 0.385. The van der Waals surface area contributed by atoms with E-state index in [1.165, 1.54) is 11.3 Å². The summed E-state index contributed by atoms with van der Waals surface area (Å²) < 4.78 is 2.30. The molecule has 1 heterocycles. The largest absolute Gasteiger partial charge is 0.346 e. The Labute approximate surface area is 97.1 Å². The van der Waals surface area contributed by atoms with E-state index in [9.17, 15) is 0 Å². The second-order valence-corrected chi connectivity index (χ2v) is 4.26. The summed E-state index contributed by atoms with van der Waals surface area (Å²) in [6.45, 7) is 2.10. The first kappa shape index (κ1) is 11.0. The monoisotopic (exact) mass is 214 g/mol. The molecule has 84 valence electrons. The quantitative estimate of drug-likeness (QED) is 0.759. The number of nitrogens with zero attached hydrogens (tertiary/aromatic N) is 2. The zero-order valence-electron chi connectivity index (χ0n) is 9.93. The Morgan fingerprint density at radius 1 is 1.00 bits per heavy atom. The third-order valence-corrected chi connectivity index (χ3v) is 2.69. The van der Waals surface area contributed by atoms with Gasteiger partial charge in [-0.15, -0.1) is 0 Å². The fourth-order valence-electron chi connectivity index (χ4n) is 1.79. The Morgan fingerprint density at radius 2 is 1.75 bits per heavy atom. The number of hydrogen-bond acceptors (Lipinski definition) is 1. The first-order chi connectivity index (χ1) is 7.77. The van der Waals surface area contributed by atoms with E-state index in [0.29, 0.717) is 0 Å². The van der Waals surface area contributed by atoms with Crippen molar-refractivity contribution in [2.45, 2.75) is 6.54 Å². The number of rotatable bonds is 4. The molecule has 0 aliphatic rings. The highest BCUT2D eigenvalue weighted by atomic mass is 15.1. The summed E-state index contributed by atoms with van der Waals surface area (Å²) >= 11 is 0. The van der Waals surface area contributed by atoms with Crippen molar-refractivity contribution in [1.82, 2.24) is 9.47 Å². The number of aromatic nitrogens is 1. The SMILES string of the molecule is CN(C)CCn1cccc1-c1ccccc1. The fraction of sp³-hybridized carbons (Fsp3) is 0.286. The normalized spacial score (nSPS) is 10.9. The van der Waals surface area contributed by atoms with Crippen molar-refractivity contribution < 1.29 is 0 Å². The summed E-state index contributed by atoms with van der Waals surface area (Å²) in [5.41, 5.74) is 2.58. The minimum Gasteiger partial charge on any atom is -0.346 e. The van der Waals surface area contributed by atoms with Gasteiger partial charge in [0.25, 0.3) is 0 Å². The summed E-state index contributed by atoms with van der Waals surface area (Å²) in [4.78, 5) is 2.20. The summed E-state index contributed by atoms with van der Waals surface area (Å²) in [6, 6.07) is 14.8. The predicted molar refractivity (Wildman–Crippen MR) is 68.4 cm³/mol. The van der Waals surface area contributed by atoms with Gasteiger partial charge in [-0.05, 0) is 31.8 Å². The van der Waals surface area contributed by atoms with Crippen LogP contribution in [0.5, 0.6) is 0 Å². The van der Waals surface area contributed by atoms with E-state index in [1.54, 1.807) is 0 Å². The third kappa shape index (κ3) is 2.52. The minimum atomic E-state index is 1.03. The van der Waals surface area contributed by atoms with Crippen LogP contribution in [-0.2, 0) is 6.54 Å². The molecule has 0 unspecified atom stereocenters. The molecule has 16 heavy (non-hydrogen) atoms. The first-order valence-corrected chi connectivity index (χ1v) is 5.62. The molecule has 0 spiro atoms. The van der Waals surface area contributed by atoms with Crippen molar-refractivity contribution in [3.63, 3.8) is 0 Å². The summed E-state index contributed by atoms with van der Waals surface area (Å²) in [7, 11) is 4.21. The van der Waals surface area contributed by atoms with E-state index in [4.69, 9.17) is 0 Å². The molecule has 0 amide bonds. The number of likely N-dealkylation sites (N-methyl/N-ethyl adjacent to an activating group) is 1. The molecular weight excluding hydrogens is 196 g/mol. The van der Waals surface area contributed by atoms with Crippen molar-refractivity contribution in [3.8, 4) is 11.3 Å². The molecule has 1 aromatic heterocycles. The molecule has 0 radical (unpaired) electrons. The van der Waals surface area contributed by atoms with Gasteiger partial charge in [-0.1, -0.05) is 30.3 Å². The van der Waals surface area contributed by atoms with E-state index in [1.807, 2.05) is 0 Å². The Kier molecular flexibility index (Phi) is 3.42. The molecule has 2 aromatic rings. The van der Waals surface area contributed by atoms with E-state index in [-0.39, 0.29) is 0 Å². The van der Waals surface area contributed by atoms with Crippen LogP contribution in [0.2, 0.25) is 0 Å². The van der Waals surface area contributed by atoms with Crippen molar-refractivity contribution in [3.05, 3.63) is 48.7 Å². The van der Waals surface area contributed by atoms with Gasteiger partial charge in [0.15, 0.2) is 0 Å². The molecule has 2 heteroatoms. The average Bonchev–Trinajstić information content (AvgIpc) is 2.75. The smallest absolute Gasteiger partial charge is 0.0480 e. The zero-order chi connectivity index (χ0) is 11.4. The maximum absolute atomic E-state index is 2.30. The molecule has 0 saturated heterocycles. The Hall–Kier alpha value is -1.54. The van der Waals surface area contributed by atoms with E-state index in [2.05, 4.69) is 72.2 Å². The lowest BCUT2D eigenvalue weighted by Crippen LogP contribution is -2.18. The molecule has 0 aliphatic carbocycles. The van der Waals surface area contributed by atoms with E-state index in [0.717, 1.165) is 13.1 Å². The topological polar surface area (TPSA) is 8.17 Å². The minimum absolute atomic E-state index is 1.03. The van der Waals surface area contributed by atoms with Crippen LogP contribution in [0, 0.1) is 0 Å². The number of hydrogen-bond donors (Lipinski definition) is 0. The van der Waals surface area contributed by atoms with Gasteiger partial charge in [0.2, 0.25) is 0 Å². The highest BCUT2D eigenvalue weighted by Gasteiger charge is 2.02. The van der Waals surface area contributed by atoms with Gasteiger partial charge in [0.1, 0.15) is 0 Å². The van der Waals surface area contributed by atoms with Crippen LogP contribution in [0.4, 0.5) is 0 Å². The van der Waals surface area contributed by atoms with Crippen LogP contribution < -0.4 is 0 Å². The van der Waals surface area contributed by atoms with Gasteiger partial charge in [0.05, 0.1) is 0 Å². The van der Waals surface area contributed by atoms with Gasteiger partial charge in [-0.2, -0.15) is 0 Å². The van der Waals surface area contributed by atoms with Crippen LogP contribution in [0.25, 0.3) is 11.3 Å². The molecule has 2 rings (SSSR count). The van der Waals surface area contributed by atoms with Gasteiger partial charge in [-0.3, -0.25) is 0 Å². The first-order valence-electron chi connectivity index (χ1n) is 5.62. The van der Waals surface area contributed by atoms with E-state index < -0.39 is 0 Å². The van der Waals surface area contributed by atoms with Crippen molar-refractivity contribution >= 4 is 0 Å². The van der Waals surface area contributed by atoms with Crippen molar-refractivity contribution in [1.29, 1.82) is 0 Å². The maximum atomic E-state index is 2.30. The second kappa shape index (κ2) is 4.99. The second-order valence-electron chi connectivity index (χ2n) is 4.26. The zero-order valence-corrected chi connectivity index (χ0v) is 9.93. The summed E-state index contributed by atoms with van der Waals surface area (Å²) in [5, 5.41) is 0. The lowest BCUT2D eigenvalue weighted by Gasteiger charge is -2.13. The lowest BCUT2D eigenvalue weighted by atomic mass is 10.1. The Morgan fingerprint density at radius 3 is 2.44 bits per heavy atom. The maximum Gasteiger partial charge on any atom is 0.0480 e. The van der Waals surface area contributed by atoms with Crippen LogP contribution >= 0.6 is 0 Å². The number of benzene rings is 1. The van der Waals surface area contributed by atoms with Gasteiger partial charge in [0, 0.05) is 25.0 Å². The Balaban J connectivity index is 2.19. The molecule has 0 aliphatic heterocycles. The van der Waals surface area contributed by atoms with E-state index >= 15 is 0 Å². The molecule has 2 nitrogen and oxygen atoms in total. The predicted octanol–water partition coefficient (Wildman–Crippen LogP) is 2.72. The highest BCUT2D eigenvalue weighted by molar-refractivity contribution is 5.59. The highest BCUT2D eigenvalue weighted by Crippen LogP contribution is 2.19. The fourth-order valence-corrected chi connectivity index (χ4v) is 1.79. The van der Waals surface area contributed by atoms with Gasteiger partial charge in [-0.25, -0.2) is 0 Å². The van der Waals surface area contributed by atoms with Crippen molar-refractivity contribution in [2.75, 3.05) is 20.6 Å². The molecular formula is C14H18N2. The van der Waals surface area contributed by atoms with Crippen LogP contribution in [-0.4, -0.2) is 30.1 Å². The van der Waals surface area contributed by atoms with Gasteiger partial charge < -0.3 is 9.47 Å².